The Labute approximate surface area is 265 Å². The summed E-state index contributed by atoms with van der Waals surface area (Å²) in [7, 11) is 1.58. The van der Waals surface area contributed by atoms with Crippen LogP contribution in [-0.2, 0) is 4.79 Å². The number of aryl methyl sites for hydroxylation is 1. The van der Waals surface area contributed by atoms with Crippen molar-refractivity contribution >= 4 is 23.4 Å². The van der Waals surface area contributed by atoms with Crippen LogP contribution < -0.4 is 19.3 Å². The number of aromatic nitrogens is 3. The molecule has 2 fully saturated rings. The fraction of sp³-hybridized carbons (Fsp3) is 0.514. The van der Waals surface area contributed by atoms with E-state index in [9.17, 15) is 14.7 Å². The van der Waals surface area contributed by atoms with Crippen LogP contribution in [0.2, 0.25) is 0 Å². The van der Waals surface area contributed by atoms with Gasteiger partial charge >= 0.3 is 5.97 Å². The zero-order chi connectivity index (χ0) is 32.1. The quantitative estimate of drug-likeness (QED) is 0.256. The molecule has 2 aliphatic rings. The van der Waals surface area contributed by atoms with E-state index in [4.69, 9.17) is 9.47 Å². The van der Waals surface area contributed by atoms with E-state index in [1.165, 1.54) is 0 Å². The number of carboxylic acids is 1. The van der Waals surface area contributed by atoms with Gasteiger partial charge in [0.15, 0.2) is 0 Å². The number of piperidine rings is 1. The molecular weight excluding hydrogens is 570 g/mol. The lowest BCUT2D eigenvalue weighted by atomic mass is 9.92. The third-order valence-electron chi connectivity index (χ3n) is 8.52. The van der Waals surface area contributed by atoms with E-state index in [0.29, 0.717) is 48.1 Å². The van der Waals surface area contributed by atoms with Gasteiger partial charge in [-0.15, -0.1) is 0 Å². The first kappa shape index (κ1) is 32.2. The van der Waals surface area contributed by atoms with Gasteiger partial charge in [-0.2, -0.15) is 0 Å². The van der Waals surface area contributed by atoms with Crippen LogP contribution >= 0.6 is 0 Å². The molecule has 0 bridgehead atoms. The van der Waals surface area contributed by atoms with Gasteiger partial charge in [0, 0.05) is 49.9 Å². The molecule has 1 aliphatic heterocycles. The molecule has 3 aromatic rings. The van der Waals surface area contributed by atoms with Crippen molar-refractivity contribution in [1.29, 1.82) is 0 Å². The highest BCUT2D eigenvalue weighted by Crippen LogP contribution is 2.45. The van der Waals surface area contributed by atoms with Gasteiger partial charge in [-0.25, -0.2) is 15.0 Å². The van der Waals surface area contributed by atoms with E-state index in [1.807, 2.05) is 43.3 Å². The molecule has 10 nitrogen and oxygen atoms in total. The highest BCUT2D eigenvalue weighted by molar-refractivity contribution is 6.09. The topological polar surface area (TPSA) is 118 Å². The van der Waals surface area contributed by atoms with Crippen LogP contribution in [0, 0.1) is 24.2 Å². The van der Waals surface area contributed by atoms with Crippen molar-refractivity contribution < 1.29 is 24.2 Å². The molecule has 1 saturated carbocycles. The zero-order valence-corrected chi connectivity index (χ0v) is 27.0. The smallest absolute Gasteiger partial charge is 0.303 e. The second-order valence-electron chi connectivity index (χ2n) is 13.5. The number of carboxylic acid groups (broad SMARTS) is 1. The molecular formula is C35H45N5O5. The monoisotopic (exact) mass is 615 g/mol. The second-order valence-corrected chi connectivity index (χ2v) is 13.5. The van der Waals surface area contributed by atoms with Crippen LogP contribution in [0.3, 0.4) is 0 Å². The summed E-state index contributed by atoms with van der Waals surface area (Å²) in [6.45, 7) is 10.8. The first-order valence-electron chi connectivity index (χ1n) is 15.9. The van der Waals surface area contributed by atoms with Gasteiger partial charge in [0.05, 0.1) is 31.4 Å². The number of pyridine rings is 3. The number of hydrogen-bond donors (Lipinski definition) is 1. The number of nitrogens with zero attached hydrogens (tertiary/aromatic N) is 5. The lowest BCUT2D eigenvalue weighted by Gasteiger charge is -2.35. The van der Waals surface area contributed by atoms with E-state index in [-0.39, 0.29) is 23.7 Å². The molecule has 0 radical (unpaired) electrons. The molecule has 1 aliphatic carbocycles. The first-order valence-corrected chi connectivity index (χ1v) is 15.9. The van der Waals surface area contributed by atoms with E-state index < -0.39 is 5.97 Å². The fourth-order valence-corrected chi connectivity index (χ4v) is 6.04. The number of amides is 1. The number of anilines is 2. The van der Waals surface area contributed by atoms with E-state index >= 15 is 0 Å². The number of rotatable bonds is 12. The summed E-state index contributed by atoms with van der Waals surface area (Å²) in [5.41, 5.74) is 3.01. The van der Waals surface area contributed by atoms with Crippen molar-refractivity contribution in [2.24, 2.45) is 17.3 Å². The van der Waals surface area contributed by atoms with Crippen molar-refractivity contribution in [3.8, 4) is 11.8 Å². The molecule has 1 amide bonds. The Bertz CT molecular complexity index is 1490. The SMILES string of the molecule is COc1cc(N2CCC(COc3cc(C(CC(=O)O)C4CC4)ccn3)CC2)c(C(=O)N(CC(C)(C)C)c2cccc(C)n2)cn1. The minimum atomic E-state index is -0.775. The van der Waals surface area contributed by atoms with Gasteiger partial charge in [-0.3, -0.25) is 14.5 Å². The molecule has 4 heterocycles. The van der Waals surface area contributed by atoms with Crippen molar-refractivity contribution in [1.82, 2.24) is 15.0 Å². The van der Waals surface area contributed by atoms with Gasteiger partial charge in [0.2, 0.25) is 11.8 Å². The molecule has 3 aromatic heterocycles. The van der Waals surface area contributed by atoms with Crippen LogP contribution in [0.4, 0.5) is 11.5 Å². The highest BCUT2D eigenvalue weighted by Gasteiger charge is 2.34. The summed E-state index contributed by atoms with van der Waals surface area (Å²) in [4.78, 5) is 43.1. The van der Waals surface area contributed by atoms with Crippen LogP contribution in [-0.4, -0.2) is 65.3 Å². The molecule has 0 spiro atoms. The average Bonchev–Trinajstić information content (AvgIpc) is 3.86. The van der Waals surface area contributed by atoms with Gasteiger partial charge in [0.25, 0.3) is 5.91 Å². The van der Waals surface area contributed by atoms with Crippen LogP contribution in [0.5, 0.6) is 11.8 Å². The van der Waals surface area contributed by atoms with Gasteiger partial charge < -0.3 is 19.5 Å². The number of aliphatic carboxylic acids is 1. The van der Waals surface area contributed by atoms with Crippen molar-refractivity contribution in [3.05, 3.63) is 65.6 Å². The summed E-state index contributed by atoms with van der Waals surface area (Å²) < 4.78 is 11.6. The fourth-order valence-electron chi connectivity index (χ4n) is 6.04. The number of methoxy groups -OCH3 is 1. The Morgan fingerprint density at radius 2 is 1.82 bits per heavy atom. The molecule has 0 aromatic carbocycles. The normalized spacial score (nSPS) is 16.2. The van der Waals surface area contributed by atoms with Gasteiger partial charge in [-0.05, 0) is 79.5 Å². The third-order valence-corrected chi connectivity index (χ3v) is 8.52. The average molecular weight is 616 g/mol. The third kappa shape index (κ3) is 8.49. The molecule has 1 unspecified atom stereocenters. The predicted octanol–water partition coefficient (Wildman–Crippen LogP) is 6.15. The Hall–Kier alpha value is -4.21. The number of carbonyl (C=O) groups excluding carboxylic acids is 1. The molecule has 240 valence electrons. The number of carbonyl (C=O) groups is 2. The van der Waals surface area contributed by atoms with Crippen LogP contribution in [0.1, 0.15) is 80.4 Å². The van der Waals surface area contributed by atoms with Gasteiger partial charge in [0.1, 0.15) is 5.82 Å². The second kappa shape index (κ2) is 13.8. The summed E-state index contributed by atoms with van der Waals surface area (Å²) in [6, 6.07) is 11.4. The van der Waals surface area contributed by atoms with E-state index in [2.05, 4.69) is 40.6 Å². The Kier molecular flexibility index (Phi) is 9.90. The maximum Gasteiger partial charge on any atom is 0.303 e. The largest absolute Gasteiger partial charge is 0.481 e. The van der Waals surface area contributed by atoms with Crippen molar-refractivity contribution in [2.75, 3.05) is 43.2 Å². The summed E-state index contributed by atoms with van der Waals surface area (Å²) in [5.74, 6) is 1.46. The van der Waals surface area contributed by atoms with Crippen molar-refractivity contribution in [2.45, 2.75) is 65.7 Å². The standard InChI is InChI=1S/C35H45N5O5/c1-23-7-6-8-30(38-23)40(22-35(2,3)4)34(43)28-20-37-31(44-5)19-29(28)39-15-12-24(13-16-39)21-45-32-17-26(11-14-36-32)27(18-33(41)42)25-9-10-25/h6-8,11,14,17,19-20,24-25,27H,9-10,12-13,15-16,18,21-22H2,1-5H3,(H,41,42). The number of hydrogen-bond acceptors (Lipinski definition) is 8. The molecule has 1 N–H and O–H groups in total. The predicted molar refractivity (Wildman–Crippen MR) is 173 cm³/mol. The summed E-state index contributed by atoms with van der Waals surface area (Å²) in [6.07, 6.45) is 7.38. The molecule has 5 rings (SSSR count). The summed E-state index contributed by atoms with van der Waals surface area (Å²) >= 11 is 0. The Balaban J connectivity index is 1.28. The Morgan fingerprint density at radius 3 is 2.47 bits per heavy atom. The van der Waals surface area contributed by atoms with E-state index in [1.54, 1.807) is 24.4 Å². The lowest BCUT2D eigenvalue weighted by Crippen LogP contribution is -2.41. The van der Waals surface area contributed by atoms with Gasteiger partial charge in [-0.1, -0.05) is 26.8 Å². The molecule has 10 heteroatoms. The minimum absolute atomic E-state index is 0.00589. The van der Waals surface area contributed by atoms with Crippen molar-refractivity contribution in [3.63, 3.8) is 0 Å². The first-order chi connectivity index (χ1) is 21.5. The van der Waals surface area contributed by atoms with Crippen LogP contribution in [0.25, 0.3) is 0 Å². The molecule has 1 saturated heterocycles. The maximum atomic E-state index is 14.2. The maximum absolute atomic E-state index is 14.2. The Morgan fingerprint density at radius 1 is 1.07 bits per heavy atom. The summed E-state index contributed by atoms with van der Waals surface area (Å²) in [5, 5.41) is 9.39. The number of ether oxygens (including phenoxy) is 2. The van der Waals surface area contributed by atoms with Crippen LogP contribution in [0.15, 0.2) is 48.8 Å². The minimum Gasteiger partial charge on any atom is -0.481 e. The highest BCUT2D eigenvalue weighted by atomic mass is 16.5. The lowest BCUT2D eigenvalue weighted by molar-refractivity contribution is -0.137. The molecule has 45 heavy (non-hydrogen) atoms. The molecule has 1 atom stereocenters. The van der Waals surface area contributed by atoms with E-state index in [0.717, 1.165) is 55.7 Å². The zero-order valence-electron chi connectivity index (χ0n) is 27.0.